The zero-order valence-electron chi connectivity index (χ0n) is 14.0. The fourth-order valence-electron chi connectivity index (χ4n) is 3.58. The first-order valence-corrected chi connectivity index (χ1v) is 8.14. The lowest BCUT2D eigenvalue weighted by molar-refractivity contribution is 0.0291. The summed E-state index contributed by atoms with van der Waals surface area (Å²) in [7, 11) is 1.24. The Morgan fingerprint density at radius 2 is 1.65 bits per heavy atom. The molecule has 1 atom stereocenters. The maximum absolute atomic E-state index is 13.3. The summed E-state index contributed by atoms with van der Waals surface area (Å²) in [5.41, 5.74) is -0.803. The summed E-state index contributed by atoms with van der Waals surface area (Å²) in [4.78, 5) is 40.7. The van der Waals surface area contributed by atoms with Crippen molar-refractivity contribution in [1.82, 2.24) is 0 Å². The van der Waals surface area contributed by atoms with E-state index in [2.05, 4.69) is 0 Å². The maximum atomic E-state index is 13.3. The van der Waals surface area contributed by atoms with E-state index in [9.17, 15) is 19.5 Å². The Morgan fingerprint density at radius 3 is 2.35 bits per heavy atom. The molecule has 7 heteroatoms. The van der Waals surface area contributed by atoms with Gasteiger partial charge in [-0.3, -0.25) is 19.4 Å². The molecule has 1 N–H and O–H groups in total. The quantitative estimate of drug-likeness (QED) is 0.785. The number of benzene rings is 2. The first kappa shape index (κ1) is 16.3. The average Bonchev–Trinajstić information content (AvgIpc) is 2.88. The Kier molecular flexibility index (Phi) is 3.55. The third-order valence-electron chi connectivity index (χ3n) is 4.83. The van der Waals surface area contributed by atoms with Crippen LogP contribution in [0.3, 0.4) is 0 Å². The lowest BCUT2D eigenvalue weighted by Crippen LogP contribution is -2.56. The van der Waals surface area contributed by atoms with Crippen LogP contribution in [0, 0.1) is 0 Å². The van der Waals surface area contributed by atoms with Gasteiger partial charge in [-0.1, -0.05) is 24.3 Å². The van der Waals surface area contributed by atoms with Gasteiger partial charge in [-0.2, -0.15) is 0 Å². The van der Waals surface area contributed by atoms with Crippen molar-refractivity contribution in [1.29, 1.82) is 0 Å². The summed E-state index contributed by atoms with van der Waals surface area (Å²) in [6, 6.07) is 13.2. The number of hydrogen-bond donors (Lipinski definition) is 1. The summed E-state index contributed by atoms with van der Waals surface area (Å²) in [5, 5.41) is 11.2. The second-order valence-electron chi connectivity index (χ2n) is 6.19. The van der Waals surface area contributed by atoms with Crippen molar-refractivity contribution < 1.29 is 24.2 Å². The van der Waals surface area contributed by atoms with Gasteiger partial charge in [0.15, 0.2) is 0 Å². The summed E-state index contributed by atoms with van der Waals surface area (Å²) >= 11 is 0. The molecule has 2 aliphatic heterocycles. The van der Waals surface area contributed by atoms with Crippen molar-refractivity contribution in [2.45, 2.75) is 12.1 Å². The van der Waals surface area contributed by atoms with Gasteiger partial charge >= 0.3 is 6.09 Å². The highest BCUT2D eigenvalue weighted by Crippen LogP contribution is 2.42. The smallest absolute Gasteiger partial charge is 0.414 e. The van der Waals surface area contributed by atoms with Gasteiger partial charge in [0, 0.05) is 18.5 Å². The largest absolute Gasteiger partial charge is 0.452 e. The zero-order chi connectivity index (χ0) is 18.5. The molecule has 0 saturated heterocycles. The number of ketones is 1. The number of carbonyl (C=O) groups excluding carboxylic acids is 3. The number of nitrogens with zero attached hydrogens (tertiary/aromatic N) is 2. The number of methoxy groups -OCH3 is 1. The maximum Gasteiger partial charge on any atom is 0.414 e. The average molecular weight is 352 g/mol. The van der Waals surface area contributed by atoms with Crippen molar-refractivity contribution in [3.63, 3.8) is 0 Å². The minimum Gasteiger partial charge on any atom is -0.452 e. The summed E-state index contributed by atoms with van der Waals surface area (Å²) in [6.45, 7) is 0.0176. The third-order valence-corrected chi connectivity index (χ3v) is 4.83. The van der Waals surface area contributed by atoms with Gasteiger partial charge in [-0.05, 0) is 24.3 Å². The standard InChI is InChI=1S/C19H16N2O5/c1-26-18(24)20-11-10-19(25)16(22)12-6-2-5-9-15(12)21(19)17(23)13-7-3-4-8-14(13)20/h2-9,25H,10-11H2,1H3/t19-/m1/s1. The highest BCUT2D eigenvalue weighted by atomic mass is 16.5. The van der Waals surface area contributed by atoms with Crippen LogP contribution in [0.2, 0.25) is 0 Å². The Labute approximate surface area is 149 Å². The molecule has 0 spiro atoms. The zero-order valence-corrected chi connectivity index (χ0v) is 14.0. The number of Topliss-reactive ketones (excluding diaryl/α,β-unsaturated/α-hetero) is 1. The third kappa shape index (κ3) is 2.07. The van der Waals surface area contributed by atoms with Crippen molar-refractivity contribution in [3.8, 4) is 0 Å². The molecule has 2 heterocycles. The van der Waals surface area contributed by atoms with Crippen LogP contribution >= 0.6 is 0 Å². The van der Waals surface area contributed by atoms with Gasteiger partial charge in [0.25, 0.3) is 5.91 Å². The molecule has 7 nitrogen and oxygen atoms in total. The molecular formula is C19H16N2O5. The first-order chi connectivity index (χ1) is 12.5. The minimum atomic E-state index is -2.04. The molecule has 2 aliphatic rings. The van der Waals surface area contributed by atoms with Crippen LogP contribution in [0.1, 0.15) is 27.1 Å². The highest BCUT2D eigenvalue weighted by Gasteiger charge is 2.54. The first-order valence-electron chi connectivity index (χ1n) is 8.14. The number of carbonyl (C=O) groups is 3. The van der Waals surface area contributed by atoms with Crippen LogP contribution in [-0.4, -0.2) is 42.3 Å². The van der Waals surface area contributed by atoms with Gasteiger partial charge in [0.05, 0.1) is 24.0 Å². The van der Waals surface area contributed by atoms with Crippen molar-refractivity contribution in [3.05, 3.63) is 59.7 Å². The van der Waals surface area contributed by atoms with Crippen LogP contribution in [0.15, 0.2) is 48.5 Å². The molecule has 4 rings (SSSR count). The molecule has 0 saturated carbocycles. The Balaban J connectivity index is 1.93. The van der Waals surface area contributed by atoms with E-state index in [4.69, 9.17) is 4.74 Å². The second-order valence-corrected chi connectivity index (χ2v) is 6.19. The molecule has 132 valence electrons. The molecule has 0 fully saturated rings. The highest BCUT2D eigenvalue weighted by molar-refractivity contribution is 6.24. The number of anilines is 2. The van der Waals surface area contributed by atoms with Crippen molar-refractivity contribution in [2.24, 2.45) is 0 Å². The lowest BCUT2D eigenvalue weighted by Gasteiger charge is -2.37. The summed E-state index contributed by atoms with van der Waals surface area (Å²) < 4.78 is 4.81. The molecule has 0 radical (unpaired) electrons. The molecule has 0 aromatic heterocycles. The predicted molar refractivity (Wildman–Crippen MR) is 93.3 cm³/mol. The van der Waals surface area contributed by atoms with Gasteiger partial charge in [0.1, 0.15) is 0 Å². The number of fused-ring (bicyclic) bond motifs is 4. The molecule has 26 heavy (non-hydrogen) atoms. The topological polar surface area (TPSA) is 87.2 Å². The van der Waals surface area contributed by atoms with Gasteiger partial charge in [0.2, 0.25) is 11.5 Å². The number of ether oxygens (including phenoxy) is 1. The molecule has 2 aromatic carbocycles. The lowest BCUT2D eigenvalue weighted by atomic mass is 9.99. The Bertz CT molecular complexity index is 941. The molecule has 0 bridgehead atoms. The van der Waals surface area contributed by atoms with Crippen LogP contribution in [0.5, 0.6) is 0 Å². The van der Waals surface area contributed by atoms with E-state index < -0.39 is 23.5 Å². The summed E-state index contributed by atoms with van der Waals surface area (Å²) in [5.74, 6) is -1.10. The number of para-hydroxylation sites is 2. The molecule has 2 aromatic rings. The van der Waals surface area contributed by atoms with E-state index in [0.717, 1.165) is 4.90 Å². The molecule has 0 unspecified atom stereocenters. The molecular weight excluding hydrogens is 336 g/mol. The van der Waals surface area contributed by atoms with E-state index in [1.54, 1.807) is 48.5 Å². The van der Waals surface area contributed by atoms with Gasteiger partial charge in [-0.15, -0.1) is 0 Å². The number of amides is 2. The minimum absolute atomic E-state index is 0.0176. The van der Waals surface area contributed by atoms with Crippen LogP contribution < -0.4 is 9.80 Å². The van der Waals surface area contributed by atoms with Gasteiger partial charge < -0.3 is 9.84 Å². The SMILES string of the molecule is COC(=O)N1CC[C@@]2(O)C(=O)c3ccccc3N2C(=O)c2ccccc21. The van der Waals surface area contributed by atoms with Crippen LogP contribution in [0.25, 0.3) is 0 Å². The second kappa shape index (κ2) is 5.67. The van der Waals surface area contributed by atoms with E-state index in [1.807, 2.05) is 0 Å². The van der Waals surface area contributed by atoms with Crippen LogP contribution in [-0.2, 0) is 4.74 Å². The molecule has 0 aliphatic carbocycles. The van der Waals surface area contributed by atoms with E-state index >= 15 is 0 Å². The fraction of sp³-hybridized carbons (Fsp3) is 0.211. The fourth-order valence-corrected chi connectivity index (χ4v) is 3.58. The molecule has 2 amide bonds. The predicted octanol–water partition coefficient (Wildman–Crippen LogP) is 2.19. The normalized spacial score (nSPS) is 21.5. The van der Waals surface area contributed by atoms with Crippen LogP contribution in [0.4, 0.5) is 16.2 Å². The monoisotopic (exact) mass is 352 g/mol. The Morgan fingerprint density at radius 1 is 1.04 bits per heavy atom. The van der Waals surface area contributed by atoms with Crippen molar-refractivity contribution >= 4 is 29.2 Å². The van der Waals surface area contributed by atoms with Gasteiger partial charge in [-0.25, -0.2) is 4.79 Å². The Hall–Kier alpha value is -3.19. The summed E-state index contributed by atoms with van der Waals surface area (Å²) in [6.07, 6.45) is -0.791. The van der Waals surface area contributed by atoms with E-state index in [1.165, 1.54) is 12.0 Å². The number of aliphatic hydroxyl groups is 1. The van der Waals surface area contributed by atoms with E-state index in [-0.39, 0.29) is 24.1 Å². The number of hydrogen-bond acceptors (Lipinski definition) is 5. The van der Waals surface area contributed by atoms with E-state index in [0.29, 0.717) is 11.4 Å². The number of rotatable bonds is 0. The van der Waals surface area contributed by atoms with Crippen molar-refractivity contribution in [2.75, 3.05) is 23.5 Å².